The number of halogens is 3. The molecule has 11 heteroatoms. The van der Waals surface area contributed by atoms with E-state index >= 15 is 0 Å². The molecular formula is C34H34Cl3N3O4S. The Hall–Kier alpha value is -3.56. The zero-order valence-corrected chi connectivity index (χ0v) is 28.0. The molecule has 0 aliphatic rings. The van der Waals surface area contributed by atoms with Crippen molar-refractivity contribution in [1.82, 2.24) is 10.2 Å². The first-order valence-electron chi connectivity index (χ1n) is 14.4. The first-order chi connectivity index (χ1) is 21.5. The van der Waals surface area contributed by atoms with E-state index in [-0.39, 0.29) is 39.5 Å². The molecule has 1 N–H and O–H groups in total. The van der Waals surface area contributed by atoms with Crippen LogP contribution in [0.4, 0.5) is 5.69 Å². The Kier molecular flexibility index (Phi) is 11.9. The second kappa shape index (κ2) is 15.6. The van der Waals surface area contributed by atoms with Crippen LogP contribution in [0.2, 0.25) is 15.1 Å². The lowest BCUT2D eigenvalue weighted by Gasteiger charge is -2.34. The van der Waals surface area contributed by atoms with Crippen LogP contribution in [0.15, 0.2) is 102 Å². The number of benzene rings is 4. The summed E-state index contributed by atoms with van der Waals surface area (Å²) >= 11 is 19.1. The maximum absolute atomic E-state index is 14.5. The average molecular weight is 687 g/mol. The summed E-state index contributed by atoms with van der Waals surface area (Å²) in [6.45, 7) is 3.54. The van der Waals surface area contributed by atoms with E-state index in [1.165, 1.54) is 35.2 Å². The van der Waals surface area contributed by atoms with Crippen molar-refractivity contribution < 1.29 is 18.0 Å². The van der Waals surface area contributed by atoms with Crippen LogP contribution in [0, 0.1) is 6.92 Å². The third kappa shape index (κ3) is 9.01. The molecule has 0 heterocycles. The highest BCUT2D eigenvalue weighted by Gasteiger charge is 2.35. The lowest BCUT2D eigenvalue weighted by molar-refractivity contribution is -0.140. The third-order valence-electron chi connectivity index (χ3n) is 7.13. The summed E-state index contributed by atoms with van der Waals surface area (Å²) in [6.07, 6.45) is 0.896. The van der Waals surface area contributed by atoms with Crippen LogP contribution in [0.1, 0.15) is 30.0 Å². The number of amides is 2. The predicted molar refractivity (Wildman–Crippen MR) is 181 cm³/mol. The first-order valence-corrected chi connectivity index (χ1v) is 17.0. The SMILES string of the molecule is CCCNC(=O)[C@H](Cc1ccccc1)N(Cc1cccc(Cl)c1)C(=O)CN(c1cc(Cl)ccc1Cl)S(=O)(=O)c1ccc(C)cc1. The summed E-state index contributed by atoms with van der Waals surface area (Å²) in [5.74, 6) is -0.973. The molecular weight excluding hydrogens is 653 g/mol. The number of nitrogens with zero attached hydrogens (tertiary/aromatic N) is 2. The highest BCUT2D eigenvalue weighted by Crippen LogP contribution is 2.33. The lowest BCUT2D eigenvalue weighted by Crippen LogP contribution is -2.53. The number of hydrogen-bond donors (Lipinski definition) is 1. The van der Waals surface area contributed by atoms with Crippen LogP contribution >= 0.6 is 34.8 Å². The van der Waals surface area contributed by atoms with Crippen molar-refractivity contribution in [3.8, 4) is 0 Å². The molecule has 236 valence electrons. The molecule has 0 aliphatic carbocycles. The molecule has 0 saturated heterocycles. The molecule has 0 fully saturated rings. The van der Waals surface area contributed by atoms with E-state index in [2.05, 4.69) is 5.32 Å². The van der Waals surface area contributed by atoms with Gasteiger partial charge in [-0.2, -0.15) is 0 Å². The number of hydrogen-bond acceptors (Lipinski definition) is 4. The average Bonchev–Trinajstić information content (AvgIpc) is 3.02. The Labute approximate surface area is 279 Å². The minimum atomic E-state index is -4.32. The maximum atomic E-state index is 14.5. The van der Waals surface area contributed by atoms with E-state index in [0.29, 0.717) is 23.6 Å². The predicted octanol–water partition coefficient (Wildman–Crippen LogP) is 7.32. The number of rotatable bonds is 13. The normalized spacial score (nSPS) is 11.9. The van der Waals surface area contributed by atoms with Crippen molar-refractivity contribution in [1.29, 1.82) is 0 Å². The van der Waals surface area contributed by atoms with Gasteiger partial charge in [-0.15, -0.1) is 0 Å². The highest BCUT2D eigenvalue weighted by molar-refractivity contribution is 7.92. The van der Waals surface area contributed by atoms with E-state index in [0.717, 1.165) is 15.4 Å². The second-order valence-electron chi connectivity index (χ2n) is 10.6. The molecule has 0 spiro atoms. The summed E-state index contributed by atoms with van der Waals surface area (Å²) in [5.41, 5.74) is 2.41. The van der Waals surface area contributed by atoms with Crippen molar-refractivity contribution in [2.24, 2.45) is 0 Å². The van der Waals surface area contributed by atoms with Crippen LogP contribution in [0.3, 0.4) is 0 Å². The van der Waals surface area contributed by atoms with Gasteiger partial charge in [0.1, 0.15) is 12.6 Å². The van der Waals surface area contributed by atoms with Crippen LogP contribution < -0.4 is 9.62 Å². The van der Waals surface area contributed by atoms with Gasteiger partial charge in [0.15, 0.2) is 0 Å². The smallest absolute Gasteiger partial charge is 0.264 e. The number of anilines is 1. The van der Waals surface area contributed by atoms with Crippen LogP contribution in [0.5, 0.6) is 0 Å². The van der Waals surface area contributed by atoms with Gasteiger partial charge in [-0.3, -0.25) is 13.9 Å². The molecule has 4 aromatic rings. The third-order valence-corrected chi connectivity index (χ3v) is 9.69. The fraction of sp³-hybridized carbons (Fsp3) is 0.235. The molecule has 1 atom stereocenters. The Morgan fingerprint density at radius 2 is 1.49 bits per heavy atom. The highest BCUT2D eigenvalue weighted by atomic mass is 35.5. The van der Waals surface area contributed by atoms with E-state index in [4.69, 9.17) is 34.8 Å². The summed E-state index contributed by atoms with van der Waals surface area (Å²) in [5, 5.41) is 3.71. The number of carbonyl (C=O) groups is 2. The van der Waals surface area contributed by atoms with Gasteiger partial charge >= 0.3 is 0 Å². The summed E-state index contributed by atoms with van der Waals surface area (Å²) in [6, 6.07) is 26.0. The van der Waals surface area contributed by atoms with Gasteiger partial charge in [0.2, 0.25) is 11.8 Å². The Morgan fingerprint density at radius 3 is 2.16 bits per heavy atom. The fourth-order valence-electron chi connectivity index (χ4n) is 4.78. The van der Waals surface area contributed by atoms with Crippen molar-refractivity contribution in [3.05, 3.63) is 129 Å². The summed E-state index contributed by atoms with van der Waals surface area (Å²) in [7, 11) is -4.32. The molecule has 0 saturated carbocycles. The maximum Gasteiger partial charge on any atom is 0.264 e. The molecule has 7 nitrogen and oxygen atoms in total. The largest absolute Gasteiger partial charge is 0.354 e. The Morgan fingerprint density at radius 1 is 0.822 bits per heavy atom. The second-order valence-corrected chi connectivity index (χ2v) is 13.7. The minimum absolute atomic E-state index is 0.00185. The standard InChI is InChI=1S/C34H34Cl3N3O4S/c1-3-18-38-34(42)32(20-25-8-5-4-6-9-25)39(22-26-10-7-11-27(35)19-26)33(41)23-40(31-21-28(36)14-17-30(31)37)45(43,44)29-15-12-24(2)13-16-29/h4-17,19,21,32H,3,18,20,22-23H2,1-2H3,(H,38,42)/t32-/m0/s1. The van der Waals surface area contributed by atoms with E-state index < -0.39 is 28.5 Å². The van der Waals surface area contributed by atoms with Gasteiger partial charge < -0.3 is 10.2 Å². The molecule has 0 radical (unpaired) electrons. The zero-order chi connectivity index (χ0) is 32.6. The Bertz CT molecular complexity index is 1740. The Balaban J connectivity index is 1.83. The molecule has 4 rings (SSSR count). The van der Waals surface area contributed by atoms with Gasteiger partial charge in [0, 0.05) is 29.6 Å². The van der Waals surface area contributed by atoms with Gasteiger partial charge in [0.05, 0.1) is 15.6 Å². The molecule has 0 aliphatic heterocycles. The van der Waals surface area contributed by atoms with Crippen LogP contribution in [-0.2, 0) is 32.6 Å². The molecule has 45 heavy (non-hydrogen) atoms. The van der Waals surface area contributed by atoms with Crippen molar-refractivity contribution in [2.45, 2.75) is 44.2 Å². The van der Waals surface area contributed by atoms with Gasteiger partial charge in [-0.25, -0.2) is 8.42 Å². The van der Waals surface area contributed by atoms with Crippen molar-refractivity contribution in [2.75, 3.05) is 17.4 Å². The molecule has 2 amide bonds. The van der Waals surface area contributed by atoms with Crippen molar-refractivity contribution >= 4 is 62.3 Å². The van der Waals surface area contributed by atoms with Gasteiger partial charge in [0.25, 0.3) is 10.0 Å². The van der Waals surface area contributed by atoms with E-state index in [1.807, 2.05) is 44.2 Å². The van der Waals surface area contributed by atoms with E-state index in [1.54, 1.807) is 36.4 Å². The summed E-state index contributed by atoms with van der Waals surface area (Å²) in [4.78, 5) is 29.6. The topological polar surface area (TPSA) is 86.8 Å². The van der Waals surface area contributed by atoms with Crippen LogP contribution in [-0.4, -0.2) is 44.3 Å². The molecule has 0 bridgehead atoms. The monoisotopic (exact) mass is 685 g/mol. The quantitative estimate of drug-likeness (QED) is 0.160. The molecule has 4 aromatic carbocycles. The number of nitrogens with one attached hydrogen (secondary N) is 1. The number of carbonyl (C=O) groups excluding carboxylic acids is 2. The molecule has 0 unspecified atom stereocenters. The zero-order valence-electron chi connectivity index (χ0n) is 24.9. The molecule has 0 aromatic heterocycles. The van der Waals surface area contributed by atoms with Gasteiger partial charge in [-0.1, -0.05) is 102 Å². The van der Waals surface area contributed by atoms with Crippen LogP contribution in [0.25, 0.3) is 0 Å². The van der Waals surface area contributed by atoms with Gasteiger partial charge in [-0.05, 0) is 66.9 Å². The number of sulfonamides is 1. The number of aryl methyl sites for hydroxylation is 1. The fourth-order valence-corrected chi connectivity index (χ4v) is 6.85. The van der Waals surface area contributed by atoms with E-state index in [9.17, 15) is 18.0 Å². The lowest BCUT2D eigenvalue weighted by atomic mass is 10.0. The minimum Gasteiger partial charge on any atom is -0.354 e. The summed E-state index contributed by atoms with van der Waals surface area (Å²) < 4.78 is 29.3. The van der Waals surface area contributed by atoms with Crippen molar-refractivity contribution in [3.63, 3.8) is 0 Å². The first kappa shape index (κ1) is 34.3.